The van der Waals surface area contributed by atoms with E-state index in [0.29, 0.717) is 0 Å². The molecule has 0 bridgehead atoms. The fraction of sp³-hybridized carbons (Fsp3) is 0.167. The first-order valence-corrected chi connectivity index (χ1v) is 2.02. The summed E-state index contributed by atoms with van der Waals surface area (Å²) in [6.07, 6.45) is 5.20. The van der Waals surface area contributed by atoms with Gasteiger partial charge in [-0.25, -0.2) is 4.98 Å². The Bertz CT molecular complexity index is 134. The van der Waals surface area contributed by atoms with Gasteiger partial charge < -0.3 is 0 Å². The molecule has 1 nitrogen and oxygen atoms in total. The molecule has 7 heavy (non-hydrogen) atoms. The van der Waals surface area contributed by atoms with Gasteiger partial charge in [-0.05, 0) is 18.6 Å². The third-order valence-corrected chi connectivity index (χ3v) is 0.641. The summed E-state index contributed by atoms with van der Waals surface area (Å²) in [6.45, 7) is 1.91. The van der Waals surface area contributed by atoms with Crippen LogP contribution < -0.4 is 0 Å². The van der Waals surface area contributed by atoms with Crippen molar-refractivity contribution in [3.63, 3.8) is 0 Å². The van der Waals surface area contributed by atoms with E-state index >= 15 is 0 Å². The lowest BCUT2D eigenvalue weighted by Crippen LogP contribution is -1.72. The van der Waals surface area contributed by atoms with Gasteiger partial charge in [0, 0.05) is 6.07 Å². The summed E-state index contributed by atoms with van der Waals surface area (Å²) in [5, 5.41) is 0. The number of rotatable bonds is 0. The first kappa shape index (κ1) is 4.31. The number of hydrogen-bond donors (Lipinski definition) is 0. The van der Waals surface area contributed by atoms with Gasteiger partial charge >= 0.3 is 0 Å². The summed E-state index contributed by atoms with van der Waals surface area (Å²) in [4.78, 5) is 3.58. The lowest BCUT2D eigenvalue weighted by atomic mass is 10.3. The predicted molar refractivity (Wildman–Crippen MR) is 25.5 cm³/mol. The summed E-state index contributed by atoms with van der Waals surface area (Å²) in [7, 11) is 0. The van der Waals surface area contributed by atoms with Gasteiger partial charge in [0.15, 0.2) is 0 Å². The summed E-state index contributed by atoms with van der Waals surface area (Å²) in [5.41, 5.74) is 0.999. The van der Waals surface area contributed by atoms with E-state index < -0.39 is 0 Å². The van der Waals surface area contributed by atoms with E-state index in [1.807, 2.05) is 6.92 Å². The molecule has 1 rings (SSSR count). The first-order valence-electron chi connectivity index (χ1n) is 2.02. The molecule has 1 heteroatoms. The van der Waals surface area contributed by atoms with Gasteiger partial charge in [-0.2, -0.15) is 0 Å². The van der Waals surface area contributed by atoms with Gasteiger partial charge in [0.25, 0.3) is 0 Å². The smallest absolute Gasteiger partial charge is 0.0980 e. The van der Waals surface area contributed by atoms with Crippen molar-refractivity contribution in [3.8, 4) is 0 Å². The van der Waals surface area contributed by atoms with E-state index in [0.717, 1.165) is 5.56 Å². The van der Waals surface area contributed by atoms with Gasteiger partial charge in [-0.1, -0.05) is 0 Å². The van der Waals surface area contributed by atoms with Crippen LogP contribution in [0.5, 0.6) is 0 Å². The van der Waals surface area contributed by atoms with Crippen LogP contribution in [0.25, 0.3) is 0 Å². The van der Waals surface area contributed by atoms with Gasteiger partial charge in [-0.3, -0.25) is 0 Å². The van der Waals surface area contributed by atoms with E-state index in [1.54, 1.807) is 6.07 Å². The summed E-state index contributed by atoms with van der Waals surface area (Å²) < 4.78 is 0. The van der Waals surface area contributed by atoms with Crippen molar-refractivity contribution in [2.75, 3.05) is 0 Å². The zero-order valence-electron chi connectivity index (χ0n) is 4.02. The Morgan fingerprint density at radius 2 is 2.57 bits per heavy atom. The molecule has 3 radical (unpaired) electrons. The third-order valence-electron chi connectivity index (χ3n) is 0.641. The monoisotopic (exact) mass is 90.0 g/mol. The third kappa shape index (κ3) is 1.000. The van der Waals surface area contributed by atoms with E-state index in [-0.39, 0.29) is 0 Å². The number of nitrogens with zero attached hydrogens (tertiary/aromatic N) is 1. The maximum atomic E-state index is 3.58. The van der Waals surface area contributed by atoms with E-state index in [2.05, 4.69) is 23.4 Å². The molecule has 0 spiro atoms. The van der Waals surface area contributed by atoms with E-state index in [4.69, 9.17) is 0 Å². The topological polar surface area (TPSA) is 12.9 Å². The summed E-state index contributed by atoms with van der Waals surface area (Å²) in [6, 6.07) is 4.48. The van der Waals surface area contributed by atoms with Crippen LogP contribution in [0, 0.1) is 25.4 Å². The van der Waals surface area contributed by atoms with Crippen molar-refractivity contribution in [3.05, 3.63) is 30.1 Å². The molecule has 1 aromatic rings. The van der Waals surface area contributed by atoms with Crippen molar-refractivity contribution in [2.24, 2.45) is 0 Å². The van der Waals surface area contributed by atoms with Crippen LogP contribution in [0.2, 0.25) is 0 Å². The molecule has 0 atom stereocenters. The lowest BCUT2D eigenvalue weighted by Gasteiger charge is -1.79. The van der Waals surface area contributed by atoms with Crippen LogP contribution in [-0.4, -0.2) is 4.98 Å². The molecular weight excluding hydrogens is 86.1 g/mol. The Hall–Kier alpha value is -0.850. The molecule has 0 aromatic carbocycles. The first-order chi connectivity index (χ1) is 3.39. The van der Waals surface area contributed by atoms with Crippen LogP contribution in [0.15, 0.2) is 6.07 Å². The highest BCUT2D eigenvalue weighted by atomic mass is 14.6. The molecule has 0 unspecified atom stereocenters. The number of hydrogen-bond acceptors (Lipinski definition) is 1. The highest BCUT2D eigenvalue weighted by Gasteiger charge is 1.76. The van der Waals surface area contributed by atoms with E-state index in [1.165, 1.54) is 0 Å². The predicted octanol–water partition coefficient (Wildman–Crippen LogP) is 0.791. The van der Waals surface area contributed by atoms with Crippen molar-refractivity contribution in [1.29, 1.82) is 0 Å². The van der Waals surface area contributed by atoms with Crippen LogP contribution >= 0.6 is 0 Å². The molecule has 0 aliphatic heterocycles. The molecule has 0 saturated carbocycles. The zero-order valence-corrected chi connectivity index (χ0v) is 4.02. The van der Waals surface area contributed by atoms with Crippen LogP contribution in [0.3, 0.4) is 0 Å². The Morgan fingerprint density at radius 3 is 2.86 bits per heavy atom. The van der Waals surface area contributed by atoms with E-state index in [9.17, 15) is 0 Å². The second kappa shape index (κ2) is 1.73. The molecule has 0 aliphatic rings. The minimum absolute atomic E-state index is 0.999. The van der Waals surface area contributed by atoms with Gasteiger partial charge in [0.2, 0.25) is 0 Å². The number of aromatic nitrogens is 1. The molecule has 1 heterocycles. The average molecular weight is 90.1 g/mol. The number of aryl methyl sites for hydroxylation is 1. The molecule has 0 saturated heterocycles. The minimum Gasteiger partial charge on any atom is -0.244 e. The standard InChI is InChI=1S/C6H4N/c1-6-3-2-4-7-5-6/h3H,1H3. The largest absolute Gasteiger partial charge is 0.244 e. The van der Waals surface area contributed by atoms with Crippen molar-refractivity contribution in [2.45, 2.75) is 6.92 Å². The quantitative estimate of drug-likeness (QED) is 0.459. The van der Waals surface area contributed by atoms with Crippen LogP contribution in [0.4, 0.5) is 0 Å². The second-order valence-corrected chi connectivity index (χ2v) is 1.31. The molecule has 0 N–H and O–H groups in total. The highest BCUT2D eigenvalue weighted by molar-refractivity contribution is 5.01. The van der Waals surface area contributed by atoms with Gasteiger partial charge in [0.05, 0.1) is 12.4 Å². The average Bonchev–Trinajstić information content (AvgIpc) is 1.69. The highest BCUT2D eigenvalue weighted by Crippen LogP contribution is 1.85. The molecule has 1 aromatic heterocycles. The van der Waals surface area contributed by atoms with Crippen LogP contribution in [-0.2, 0) is 0 Å². The van der Waals surface area contributed by atoms with Gasteiger partial charge in [-0.15, -0.1) is 0 Å². The number of pyridine rings is 1. The van der Waals surface area contributed by atoms with Crippen molar-refractivity contribution in [1.82, 2.24) is 4.98 Å². The Labute approximate surface area is 43.0 Å². The fourth-order valence-corrected chi connectivity index (χ4v) is 0.321. The Balaban J connectivity index is 3.02. The maximum Gasteiger partial charge on any atom is 0.0980 e. The van der Waals surface area contributed by atoms with Gasteiger partial charge in [0.1, 0.15) is 0 Å². The molecular formula is C6H4N. The molecule has 0 fully saturated rings. The lowest BCUT2D eigenvalue weighted by molar-refractivity contribution is 1.23. The summed E-state index contributed by atoms with van der Waals surface area (Å²) >= 11 is 0. The molecule has 0 aliphatic carbocycles. The Kier molecular flexibility index (Phi) is 1.07. The maximum absolute atomic E-state index is 3.58. The SMILES string of the molecule is Cc1[c]n[c][c]c1. The van der Waals surface area contributed by atoms with Crippen molar-refractivity contribution < 1.29 is 0 Å². The fourth-order valence-electron chi connectivity index (χ4n) is 0.321. The second-order valence-electron chi connectivity index (χ2n) is 1.31. The Morgan fingerprint density at radius 1 is 1.71 bits per heavy atom. The molecule has 0 amide bonds. The normalized spacial score (nSPS) is 8.71. The van der Waals surface area contributed by atoms with Crippen molar-refractivity contribution >= 4 is 0 Å². The zero-order chi connectivity index (χ0) is 5.11. The molecule has 33 valence electrons. The minimum atomic E-state index is 0.999. The summed E-state index contributed by atoms with van der Waals surface area (Å²) in [5.74, 6) is 0. The van der Waals surface area contributed by atoms with Crippen LogP contribution in [0.1, 0.15) is 5.56 Å².